The maximum absolute atomic E-state index is 10.6. The minimum atomic E-state index is -0.663. The van der Waals surface area contributed by atoms with Crippen LogP contribution in [-0.4, -0.2) is 11.7 Å². The fraction of sp³-hybridized carbons (Fsp3) is 0.0769. The van der Waals surface area contributed by atoms with Gasteiger partial charge in [0.25, 0.3) is 0 Å². The highest BCUT2D eigenvalue weighted by Gasteiger charge is 2.05. The molecule has 6 heteroatoms. The van der Waals surface area contributed by atoms with Crippen LogP contribution in [0.1, 0.15) is 11.8 Å². The average molecular weight is 338 g/mol. The number of hydrogen-bond donors (Lipinski definition) is 2. The molecule has 3 N–H and O–H groups in total. The topological polar surface area (TPSA) is 67.5 Å². The Bertz CT molecular complexity index is 619. The van der Waals surface area contributed by atoms with Gasteiger partial charge in [0, 0.05) is 9.35 Å². The first kappa shape index (κ1) is 13.8. The van der Waals surface area contributed by atoms with Crippen molar-refractivity contribution in [2.24, 2.45) is 10.8 Å². The molecule has 0 unspecified atom stereocenters. The summed E-state index contributed by atoms with van der Waals surface area (Å²) < 4.78 is 1.05. The summed E-state index contributed by atoms with van der Waals surface area (Å²) in [7, 11) is 0. The standard InChI is InChI=1S/C13H12BrN3OS/c1-8(16-17-13(15)18)11-6-7-12(19-11)9-2-4-10(14)5-3-9/h2-7H,1H3,(H3,15,17,18)/b16-8+. The summed E-state index contributed by atoms with van der Waals surface area (Å²) in [5.41, 5.74) is 9.08. The lowest BCUT2D eigenvalue weighted by molar-refractivity contribution is 0.249. The van der Waals surface area contributed by atoms with Gasteiger partial charge in [-0.05, 0) is 36.8 Å². The molecular formula is C13H12BrN3OS. The van der Waals surface area contributed by atoms with Gasteiger partial charge in [0.05, 0.1) is 10.6 Å². The van der Waals surface area contributed by atoms with Gasteiger partial charge in [-0.3, -0.25) is 0 Å². The number of nitrogens with one attached hydrogen (secondary N) is 1. The van der Waals surface area contributed by atoms with E-state index in [1.165, 1.54) is 0 Å². The summed E-state index contributed by atoms with van der Waals surface area (Å²) in [4.78, 5) is 12.7. The molecule has 2 rings (SSSR count). The van der Waals surface area contributed by atoms with Crippen molar-refractivity contribution in [3.63, 3.8) is 0 Å². The molecule has 0 radical (unpaired) electrons. The lowest BCUT2D eigenvalue weighted by atomic mass is 10.2. The van der Waals surface area contributed by atoms with Gasteiger partial charge in [-0.15, -0.1) is 11.3 Å². The zero-order valence-corrected chi connectivity index (χ0v) is 12.6. The van der Waals surface area contributed by atoms with E-state index in [1.54, 1.807) is 11.3 Å². The highest BCUT2D eigenvalue weighted by atomic mass is 79.9. The first-order valence-electron chi connectivity index (χ1n) is 5.52. The fourth-order valence-corrected chi connectivity index (χ4v) is 2.72. The number of benzene rings is 1. The van der Waals surface area contributed by atoms with Crippen LogP contribution in [-0.2, 0) is 0 Å². The number of nitrogens with two attached hydrogens (primary N) is 1. The van der Waals surface area contributed by atoms with Crippen LogP contribution in [0.15, 0.2) is 46.0 Å². The van der Waals surface area contributed by atoms with Gasteiger partial charge in [0.2, 0.25) is 0 Å². The second kappa shape index (κ2) is 5.99. The largest absolute Gasteiger partial charge is 0.350 e. The van der Waals surface area contributed by atoms with Crippen LogP contribution in [0.3, 0.4) is 0 Å². The Kier molecular flexibility index (Phi) is 4.34. The Morgan fingerprint density at radius 3 is 2.58 bits per heavy atom. The van der Waals surface area contributed by atoms with Gasteiger partial charge >= 0.3 is 6.03 Å². The van der Waals surface area contributed by atoms with Crippen molar-refractivity contribution in [2.75, 3.05) is 0 Å². The van der Waals surface area contributed by atoms with E-state index in [1.807, 2.05) is 43.3 Å². The van der Waals surface area contributed by atoms with Crippen LogP contribution in [0.25, 0.3) is 10.4 Å². The Morgan fingerprint density at radius 1 is 1.26 bits per heavy atom. The van der Waals surface area contributed by atoms with Crippen LogP contribution in [0, 0.1) is 0 Å². The molecule has 0 bridgehead atoms. The van der Waals surface area contributed by atoms with Crippen molar-refractivity contribution in [3.05, 3.63) is 45.7 Å². The minimum Gasteiger partial charge on any atom is -0.350 e. The van der Waals surface area contributed by atoms with Crippen LogP contribution in [0.5, 0.6) is 0 Å². The second-order valence-corrected chi connectivity index (χ2v) is 5.84. The maximum atomic E-state index is 10.6. The quantitative estimate of drug-likeness (QED) is 0.652. The number of primary amides is 1. The molecule has 2 aromatic rings. The third kappa shape index (κ3) is 3.65. The highest BCUT2D eigenvalue weighted by Crippen LogP contribution is 2.29. The lowest BCUT2D eigenvalue weighted by Gasteiger charge is -1.98. The summed E-state index contributed by atoms with van der Waals surface area (Å²) in [5.74, 6) is 0. The van der Waals surface area contributed by atoms with Gasteiger partial charge in [-0.25, -0.2) is 10.2 Å². The Labute approximate surface area is 123 Å². The number of amides is 2. The summed E-state index contributed by atoms with van der Waals surface area (Å²) in [6, 6.07) is 11.5. The number of rotatable bonds is 3. The Morgan fingerprint density at radius 2 is 1.95 bits per heavy atom. The number of nitrogens with zero attached hydrogens (tertiary/aromatic N) is 1. The molecule has 0 saturated carbocycles. The van der Waals surface area contributed by atoms with Gasteiger partial charge in [0.1, 0.15) is 0 Å². The maximum Gasteiger partial charge on any atom is 0.332 e. The number of hydrogen-bond acceptors (Lipinski definition) is 3. The number of carbonyl (C=O) groups excluding carboxylic acids is 1. The van der Waals surface area contributed by atoms with Crippen molar-refractivity contribution in [1.29, 1.82) is 0 Å². The second-order valence-electron chi connectivity index (χ2n) is 3.84. The van der Waals surface area contributed by atoms with E-state index in [2.05, 4.69) is 26.5 Å². The van der Waals surface area contributed by atoms with Crippen molar-refractivity contribution < 1.29 is 4.79 Å². The molecule has 1 aromatic carbocycles. The minimum absolute atomic E-state index is 0.663. The van der Waals surface area contributed by atoms with Crippen molar-refractivity contribution in [1.82, 2.24) is 5.43 Å². The van der Waals surface area contributed by atoms with Gasteiger partial charge in [-0.2, -0.15) is 5.10 Å². The van der Waals surface area contributed by atoms with Gasteiger partial charge < -0.3 is 5.73 Å². The van der Waals surface area contributed by atoms with Gasteiger partial charge in [0.15, 0.2) is 0 Å². The molecule has 0 fully saturated rings. The third-order valence-corrected chi connectivity index (χ3v) is 4.20. The first-order chi connectivity index (χ1) is 9.06. The van der Waals surface area contributed by atoms with E-state index in [9.17, 15) is 4.79 Å². The number of thiophene rings is 1. The smallest absolute Gasteiger partial charge is 0.332 e. The monoisotopic (exact) mass is 337 g/mol. The summed E-state index contributed by atoms with van der Waals surface area (Å²) in [5, 5.41) is 3.91. The molecule has 1 heterocycles. The number of halogens is 1. The van der Waals surface area contributed by atoms with Crippen LogP contribution >= 0.6 is 27.3 Å². The molecule has 0 aliphatic carbocycles. The Hall–Kier alpha value is -1.66. The molecule has 0 saturated heterocycles. The first-order valence-corrected chi connectivity index (χ1v) is 7.13. The number of carbonyl (C=O) groups is 1. The van der Waals surface area contributed by atoms with Crippen LogP contribution in [0.2, 0.25) is 0 Å². The van der Waals surface area contributed by atoms with E-state index in [0.29, 0.717) is 0 Å². The van der Waals surface area contributed by atoms with Crippen molar-refractivity contribution in [2.45, 2.75) is 6.92 Å². The molecule has 2 amide bonds. The van der Waals surface area contributed by atoms with E-state index in [4.69, 9.17) is 5.73 Å². The normalized spacial score (nSPS) is 11.4. The van der Waals surface area contributed by atoms with E-state index in [0.717, 1.165) is 25.5 Å². The molecule has 0 spiro atoms. The molecular weight excluding hydrogens is 326 g/mol. The molecule has 4 nitrogen and oxygen atoms in total. The van der Waals surface area contributed by atoms with Gasteiger partial charge in [-0.1, -0.05) is 28.1 Å². The molecule has 0 aliphatic rings. The van der Waals surface area contributed by atoms with E-state index in [-0.39, 0.29) is 0 Å². The summed E-state index contributed by atoms with van der Waals surface area (Å²) >= 11 is 5.03. The van der Waals surface area contributed by atoms with E-state index >= 15 is 0 Å². The van der Waals surface area contributed by atoms with E-state index < -0.39 is 6.03 Å². The predicted molar refractivity (Wildman–Crippen MR) is 82.4 cm³/mol. The van der Waals surface area contributed by atoms with Crippen LogP contribution < -0.4 is 11.2 Å². The molecule has 19 heavy (non-hydrogen) atoms. The molecule has 0 atom stereocenters. The van der Waals surface area contributed by atoms with Crippen molar-refractivity contribution >= 4 is 39.0 Å². The zero-order valence-electron chi connectivity index (χ0n) is 10.2. The Balaban J connectivity index is 2.21. The summed E-state index contributed by atoms with van der Waals surface area (Å²) in [6.07, 6.45) is 0. The number of urea groups is 1. The zero-order chi connectivity index (χ0) is 13.8. The molecule has 0 aliphatic heterocycles. The van der Waals surface area contributed by atoms with Crippen LogP contribution in [0.4, 0.5) is 4.79 Å². The SMILES string of the molecule is C/C(=N\NC(N)=O)c1ccc(-c2ccc(Br)cc2)s1. The third-order valence-electron chi connectivity index (χ3n) is 2.43. The average Bonchev–Trinajstić information content (AvgIpc) is 2.86. The molecule has 1 aromatic heterocycles. The fourth-order valence-electron chi connectivity index (χ4n) is 1.50. The highest BCUT2D eigenvalue weighted by molar-refractivity contribution is 9.10. The predicted octanol–water partition coefficient (Wildman–Crippen LogP) is 3.57. The number of hydrazone groups is 1. The lowest BCUT2D eigenvalue weighted by Crippen LogP contribution is -2.25. The van der Waals surface area contributed by atoms with Crippen molar-refractivity contribution in [3.8, 4) is 10.4 Å². The summed E-state index contributed by atoms with van der Waals surface area (Å²) in [6.45, 7) is 1.83. The molecule has 98 valence electrons.